The summed E-state index contributed by atoms with van der Waals surface area (Å²) in [4.78, 5) is 0.0000759. The van der Waals surface area contributed by atoms with Crippen LogP contribution in [0.2, 0.25) is 0 Å². The average molecular weight is 324 g/mol. The smallest absolute Gasteiger partial charge is 0.263 e. The molecule has 0 saturated heterocycles. The summed E-state index contributed by atoms with van der Waals surface area (Å²) in [6.07, 6.45) is 0. The zero-order valence-electron chi connectivity index (χ0n) is 12.5. The van der Waals surface area contributed by atoms with E-state index in [1.807, 2.05) is 13.8 Å². The summed E-state index contributed by atoms with van der Waals surface area (Å²) in [6, 6.07) is 6.81. The second kappa shape index (κ2) is 6.27. The number of aryl methyl sites for hydroxylation is 1. The number of nitrogens with one attached hydrogen (secondary N) is 2. The summed E-state index contributed by atoms with van der Waals surface area (Å²) < 4.78 is 39.9. The van der Waals surface area contributed by atoms with Crippen LogP contribution >= 0.6 is 0 Å². The number of halogens is 1. The SMILES string of the molecule is Cc1cc(F)ccc1S(=O)(=O)Nc1ccc(NC(C)C)nn1. The molecular formula is C14H17FN4O2S. The zero-order chi connectivity index (χ0) is 16.3. The largest absolute Gasteiger partial charge is 0.366 e. The van der Waals surface area contributed by atoms with Crippen molar-refractivity contribution in [2.45, 2.75) is 31.7 Å². The zero-order valence-corrected chi connectivity index (χ0v) is 13.3. The number of sulfonamides is 1. The van der Waals surface area contributed by atoms with Crippen molar-refractivity contribution in [3.63, 3.8) is 0 Å². The lowest BCUT2D eigenvalue weighted by Crippen LogP contribution is -2.16. The molecule has 2 aromatic rings. The predicted molar refractivity (Wildman–Crippen MR) is 82.7 cm³/mol. The van der Waals surface area contributed by atoms with Crippen LogP contribution < -0.4 is 10.0 Å². The lowest BCUT2D eigenvalue weighted by atomic mass is 10.2. The van der Waals surface area contributed by atoms with Crippen molar-refractivity contribution >= 4 is 21.7 Å². The van der Waals surface area contributed by atoms with Gasteiger partial charge >= 0.3 is 0 Å². The minimum absolute atomic E-state index is 0.0000759. The molecule has 0 aliphatic carbocycles. The Morgan fingerprint density at radius 2 is 1.73 bits per heavy atom. The summed E-state index contributed by atoms with van der Waals surface area (Å²) >= 11 is 0. The third kappa shape index (κ3) is 3.91. The monoisotopic (exact) mass is 324 g/mol. The van der Waals surface area contributed by atoms with Gasteiger partial charge in [-0.15, -0.1) is 10.2 Å². The van der Waals surface area contributed by atoms with Crippen LogP contribution in [0.4, 0.5) is 16.0 Å². The number of hydrogen-bond acceptors (Lipinski definition) is 5. The van der Waals surface area contributed by atoms with Crippen LogP contribution in [0.5, 0.6) is 0 Å². The molecule has 1 aromatic carbocycles. The molecule has 22 heavy (non-hydrogen) atoms. The summed E-state index contributed by atoms with van der Waals surface area (Å²) in [5.41, 5.74) is 0.318. The third-order valence-corrected chi connectivity index (χ3v) is 4.28. The van der Waals surface area contributed by atoms with Crippen LogP contribution in [0.1, 0.15) is 19.4 Å². The summed E-state index contributed by atoms with van der Waals surface area (Å²) in [5.74, 6) is 0.161. The van der Waals surface area contributed by atoms with Crippen LogP contribution in [-0.2, 0) is 10.0 Å². The second-order valence-electron chi connectivity index (χ2n) is 5.12. The van der Waals surface area contributed by atoms with Gasteiger partial charge in [-0.05, 0) is 56.7 Å². The number of rotatable bonds is 5. The lowest BCUT2D eigenvalue weighted by molar-refractivity contribution is 0.598. The van der Waals surface area contributed by atoms with Gasteiger partial charge < -0.3 is 5.32 Å². The molecular weight excluding hydrogens is 307 g/mol. The van der Waals surface area contributed by atoms with Gasteiger partial charge in [0.1, 0.15) is 11.6 Å². The van der Waals surface area contributed by atoms with E-state index in [0.717, 1.165) is 12.1 Å². The lowest BCUT2D eigenvalue weighted by Gasteiger charge is -2.11. The van der Waals surface area contributed by atoms with Crippen molar-refractivity contribution in [1.29, 1.82) is 0 Å². The summed E-state index contributed by atoms with van der Waals surface area (Å²) in [5, 5.41) is 10.7. The topological polar surface area (TPSA) is 84.0 Å². The van der Waals surface area contributed by atoms with E-state index in [-0.39, 0.29) is 16.8 Å². The van der Waals surface area contributed by atoms with E-state index in [1.165, 1.54) is 19.1 Å². The number of hydrogen-bond donors (Lipinski definition) is 2. The fourth-order valence-electron chi connectivity index (χ4n) is 1.87. The minimum atomic E-state index is -3.84. The second-order valence-corrected chi connectivity index (χ2v) is 6.77. The van der Waals surface area contributed by atoms with Gasteiger partial charge in [-0.3, -0.25) is 4.72 Å². The molecule has 0 amide bonds. The van der Waals surface area contributed by atoms with E-state index >= 15 is 0 Å². The molecule has 0 atom stereocenters. The molecule has 6 nitrogen and oxygen atoms in total. The van der Waals surface area contributed by atoms with Crippen molar-refractivity contribution in [1.82, 2.24) is 10.2 Å². The van der Waals surface area contributed by atoms with Crippen molar-refractivity contribution in [2.24, 2.45) is 0 Å². The van der Waals surface area contributed by atoms with E-state index in [9.17, 15) is 12.8 Å². The van der Waals surface area contributed by atoms with E-state index in [1.54, 1.807) is 6.07 Å². The molecule has 0 saturated carbocycles. The van der Waals surface area contributed by atoms with Gasteiger partial charge in [-0.1, -0.05) is 0 Å². The van der Waals surface area contributed by atoms with E-state index in [4.69, 9.17) is 0 Å². The van der Waals surface area contributed by atoms with E-state index in [2.05, 4.69) is 20.2 Å². The highest BCUT2D eigenvalue weighted by atomic mass is 32.2. The maximum absolute atomic E-state index is 13.1. The Morgan fingerprint density at radius 1 is 1.09 bits per heavy atom. The van der Waals surface area contributed by atoms with E-state index < -0.39 is 15.8 Å². The number of anilines is 2. The Labute approximate surface area is 128 Å². The first kappa shape index (κ1) is 16.2. The van der Waals surface area contributed by atoms with Gasteiger partial charge in [0.2, 0.25) is 0 Å². The molecule has 118 valence electrons. The standard InChI is InChI=1S/C14H17FN4O2S/c1-9(2)16-13-6-7-14(18-17-13)19-22(20,21)12-5-4-11(15)8-10(12)3/h4-9H,1-3H3,(H,16,17)(H,18,19). The van der Waals surface area contributed by atoms with Gasteiger partial charge in [0.25, 0.3) is 10.0 Å². The van der Waals surface area contributed by atoms with Crippen LogP contribution in [0, 0.1) is 12.7 Å². The molecule has 0 unspecified atom stereocenters. The van der Waals surface area contributed by atoms with Gasteiger partial charge in [-0.25, -0.2) is 12.8 Å². The Balaban J connectivity index is 2.21. The molecule has 2 rings (SSSR count). The molecule has 0 fully saturated rings. The number of benzene rings is 1. The van der Waals surface area contributed by atoms with Crippen molar-refractivity contribution in [3.8, 4) is 0 Å². The molecule has 0 aliphatic rings. The molecule has 8 heteroatoms. The third-order valence-electron chi connectivity index (χ3n) is 2.77. The molecule has 0 bridgehead atoms. The number of nitrogens with zero attached hydrogens (tertiary/aromatic N) is 2. The maximum Gasteiger partial charge on any atom is 0.263 e. The fourth-order valence-corrected chi connectivity index (χ4v) is 3.09. The van der Waals surface area contributed by atoms with Crippen molar-refractivity contribution in [2.75, 3.05) is 10.0 Å². The van der Waals surface area contributed by atoms with Crippen molar-refractivity contribution in [3.05, 3.63) is 41.7 Å². The van der Waals surface area contributed by atoms with Crippen LogP contribution in [0.15, 0.2) is 35.2 Å². The Bertz CT molecular complexity index is 761. The van der Waals surface area contributed by atoms with Gasteiger partial charge in [0, 0.05) is 6.04 Å². The predicted octanol–water partition coefficient (Wildman–Crippen LogP) is 2.55. The molecule has 1 heterocycles. The summed E-state index contributed by atoms with van der Waals surface area (Å²) in [6.45, 7) is 5.43. The quantitative estimate of drug-likeness (QED) is 0.883. The highest BCUT2D eigenvalue weighted by Gasteiger charge is 2.18. The molecule has 2 N–H and O–H groups in total. The van der Waals surface area contributed by atoms with Gasteiger partial charge in [0.05, 0.1) is 4.90 Å². The first-order valence-corrected chi connectivity index (χ1v) is 8.15. The molecule has 0 spiro atoms. The Kier molecular flexibility index (Phi) is 4.60. The van der Waals surface area contributed by atoms with Gasteiger partial charge in [0.15, 0.2) is 5.82 Å². The summed E-state index contributed by atoms with van der Waals surface area (Å²) in [7, 11) is -3.84. The van der Waals surface area contributed by atoms with E-state index in [0.29, 0.717) is 11.4 Å². The first-order chi connectivity index (χ1) is 10.3. The average Bonchev–Trinajstić information content (AvgIpc) is 2.39. The normalized spacial score (nSPS) is 11.5. The molecule has 1 aromatic heterocycles. The molecule has 0 aliphatic heterocycles. The minimum Gasteiger partial charge on any atom is -0.366 e. The highest BCUT2D eigenvalue weighted by Crippen LogP contribution is 2.19. The van der Waals surface area contributed by atoms with Crippen LogP contribution in [0.25, 0.3) is 0 Å². The Morgan fingerprint density at radius 3 is 2.27 bits per heavy atom. The highest BCUT2D eigenvalue weighted by molar-refractivity contribution is 7.92. The fraction of sp³-hybridized carbons (Fsp3) is 0.286. The van der Waals surface area contributed by atoms with Crippen LogP contribution in [-0.4, -0.2) is 24.7 Å². The molecule has 0 radical (unpaired) electrons. The Hall–Kier alpha value is -2.22. The van der Waals surface area contributed by atoms with Gasteiger partial charge in [-0.2, -0.15) is 0 Å². The number of aromatic nitrogens is 2. The van der Waals surface area contributed by atoms with Crippen molar-refractivity contribution < 1.29 is 12.8 Å². The maximum atomic E-state index is 13.1. The first-order valence-electron chi connectivity index (χ1n) is 6.67. The van der Waals surface area contributed by atoms with Crippen LogP contribution in [0.3, 0.4) is 0 Å².